The van der Waals surface area contributed by atoms with Crippen LogP contribution in [0.2, 0.25) is 0 Å². The second-order valence-electron chi connectivity index (χ2n) is 7.40. The lowest BCUT2D eigenvalue weighted by atomic mass is 9.83. The van der Waals surface area contributed by atoms with Gasteiger partial charge in [0.25, 0.3) is 0 Å². The molecule has 0 aromatic carbocycles. The molecule has 1 N–H and O–H groups in total. The number of aromatic amines is 1. The Morgan fingerprint density at radius 1 is 1.22 bits per heavy atom. The average molecular weight is 365 g/mol. The molecule has 27 heavy (non-hydrogen) atoms. The zero-order valence-electron chi connectivity index (χ0n) is 15.4. The van der Waals surface area contributed by atoms with E-state index in [1.807, 2.05) is 31.3 Å². The van der Waals surface area contributed by atoms with Crippen LogP contribution in [0.1, 0.15) is 35.7 Å². The molecule has 7 nitrogen and oxygen atoms in total. The van der Waals surface area contributed by atoms with Crippen molar-refractivity contribution in [3.05, 3.63) is 53.4 Å². The van der Waals surface area contributed by atoms with E-state index < -0.39 is 0 Å². The Labute approximate surface area is 157 Å². The van der Waals surface area contributed by atoms with E-state index in [1.165, 1.54) is 5.56 Å². The molecular weight excluding hydrogens is 342 g/mol. The monoisotopic (exact) mass is 365 g/mol. The lowest BCUT2D eigenvalue weighted by Crippen LogP contribution is -2.47. The summed E-state index contributed by atoms with van der Waals surface area (Å²) in [5.74, 6) is 2.62. The highest BCUT2D eigenvalue weighted by molar-refractivity contribution is 5.51. The molecule has 0 amide bonds. The number of hydrogen-bond donors (Lipinski definition) is 1. The van der Waals surface area contributed by atoms with Crippen molar-refractivity contribution in [3.63, 3.8) is 0 Å². The lowest BCUT2D eigenvalue weighted by Gasteiger charge is -2.43. The molecule has 140 valence electrons. The third kappa shape index (κ3) is 3.07. The maximum Gasteiger partial charge on any atom is 0.152 e. The minimum absolute atomic E-state index is 0.248. The molecule has 0 bridgehead atoms. The van der Waals surface area contributed by atoms with Crippen molar-refractivity contribution in [2.75, 3.05) is 19.7 Å². The standard InChI is InChI=1S/C20H23N5O2/c1-14-21-12-15-5-11-26-20(19(15)23-14)6-9-25(10-7-20)13-16-2-3-18(27-16)17-4-8-22-24-17/h2-4,8,12H,5-7,9-11,13H2,1H3,(H,22,24). The van der Waals surface area contributed by atoms with Gasteiger partial charge in [-0.1, -0.05) is 0 Å². The van der Waals surface area contributed by atoms with Crippen molar-refractivity contribution in [2.45, 2.75) is 38.3 Å². The molecule has 0 unspecified atom stereocenters. The fourth-order valence-electron chi connectivity index (χ4n) is 4.17. The average Bonchev–Trinajstić information content (AvgIpc) is 3.36. The molecule has 3 aromatic heterocycles. The van der Waals surface area contributed by atoms with Crippen LogP contribution in [-0.2, 0) is 23.3 Å². The van der Waals surface area contributed by atoms with Gasteiger partial charge in [-0.05, 0) is 49.9 Å². The number of aromatic nitrogens is 4. The molecular formula is C20H23N5O2. The Morgan fingerprint density at radius 2 is 2.11 bits per heavy atom. The first-order valence-corrected chi connectivity index (χ1v) is 9.50. The maximum atomic E-state index is 6.29. The van der Waals surface area contributed by atoms with Crippen molar-refractivity contribution >= 4 is 0 Å². The molecule has 0 aliphatic carbocycles. The number of fused-ring (bicyclic) bond motifs is 2. The first-order chi connectivity index (χ1) is 13.2. The highest BCUT2D eigenvalue weighted by Crippen LogP contribution is 2.40. The topological polar surface area (TPSA) is 80.1 Å². The molecule has 2 aliphatic rings. The number of aryl methyl sites for hydroxylation is 1. The second-order valence-corrected chi connectivity index (χ2v) is 7.40. The molecule has 5 rings (SSSR count). The normalized spacial score (nSPS) is 19.3. The largest absolute Gasteiger partial charge is 0.458 e. The summed E-state index contributed by atoms with van der Waals surface area (Å²) in [6.45, 7) is 5.43. The summed E-state index contributed by atoms with van der Waals surface area (Å²) in [5.41, 5.74) is 3.01. The Hall–Kier alpha value is -2.51. The smallest absolute Gasteiger partial charge is 0.152 e. The summed E-state index contributed by atoms with van der Waals surface area (Å²) in [6.07, 6.45) is 6.52. The van der Waals surface area contributed by atoms with Gasteiger partial charge in [0.05, 0.1) is 18.8 Å². The summed E-state index contributed by atoms with van der Waals surface area (Å²) in [5, 5.41) is 6.91. The molecule has 0 radical (unpaired) electrons. The van der Waals surface area contributed by atoms with E-state index in [1.54, 1.807) is 6.20 Å². The first kappa shape index (κ1) is 16.6. The van der Waals surface area contributed by atoms with Gasteiger partial charge in [0.15, 0.2) is 5.76 Å². The minimum Gasteiger partial charge on any atom is -0.458 e. The van der Waals surface area contributed by atoms with Crippen LogP contribution >= 0.6 is 0 Å². The van der Waals surface area contributed by atoms with Gasteiger partial charge < -0.3 is 9.15 Å². The van der Waals surface area contributed by atoms with Gasteiger partial charge >= 0.3 is 0 Å². The van der Waals surface area contributed by atoms with Crippen LogP contribution in [0.4, 0.5) is 0 Å². The summed E-state index contributed by atoms with van der Waals surface area (Å²) >= 11 is 0. The first-order valence-electron chi connectivity index (χ1n) is 9.50. The van der Waals surface area contributed by atoms with Gasteiger partial charge in [0.2, 0.25) is 0 Å². The fraction of sp³-hybridized carbons (Fsp3) is 0.450. The van der Waals surface area contributed by atoms with E-state index in [4.69, 9.17) is 14.1 Å². The molecule has 3 aromatic rings. The molecule has 5 heterocycles. The number of nitrogens with zero attached hydrogens (tertiary/aromatic N) is 4. The van der Waals surface area contributed by atoms with Crippen molar-refractivity contribution in [3.8, 4) is 11.5 Å². The van der Waals surface area contributed by atoms with Crippen LogP contribution in [0.25, 0.3) is 11.5 Å². The highest BCUT2D eigenvalue weighted by Gasteiger charge is 2.42. The lowest BCUT2D eigenvalue weighted by molar-refractivity contribution is -0.103. The number of furan rings is 1. The van der Waals surface area contributed by atoms with Crippen molar-refractivity contribution in [1.82, 2.24) is 25.1 Å². The third-order valence-electron chi connectivity index (χ3n) is 5.64. The van der Waals surface area contributed by atoms with E-state index in [0.717, 1.165) is 74.2 Å². The van der Waals surface area contributed by atoms with Crippen LogP contribution in [0.5, 0.6) is 0 Å². The van der Waals surface area contributed by atoms with Crippen LogP contribution in [0.3, 0.4) is 0 Å². The van der Waals surface area contributed by atoms with Gasteiger partial charge in [0.1, 0.15) is 22.9 Å². The zero-order valence-corrected chi connectivity index (χ0v) is 15.4. The second kappa shape index (κ2) is 6.58. The SMILES string of the molecule is Cc1ncc2c(n1)C1(CCN(Cc3ccc(-c4ccn[nH]4)o3)CC1)OCC2. The number of H-pyrrole nitrogens is 1. The van der Waals surface area contributed by atoms with E-state index in [2.05, 4.69) is 20.1 Å². The van der Waals surface area contributed by atoms with Gasteiger partial charge in [-0.3, -0.25) is 10.00 Å². The maximum absolute atomic E-state index is 6.29. The highest BCUT2D eigenvalue weighted by atomic mass is 16.5. The Morgan fingerprint density at radius 3 is 2.93 bits per heavy atom. The van der Waals surface area contributed by atoms with Crippen molar-refractivity contribution in [2.24, 2.45) is 0 Å². The third-order valence-corrected chi connectivity index (χ3v) is 5.64. The van der Waals surface area contributed by atoms with E-state index >= 15 is 0 Å². The Kier molecular flexibility index (Phi) is 4.06. The van der Waals surface area contributed by atoms with Crippen molar-refractivity contribution in [1.29, 1.82) is 0 Å². The molecule has 0 saturated carbocycles. The molecule has 1 saturated heterocycles. The number of nitrogens with one attached hydrogen (secondary N) is 1. The zero-order chi connectivity index (χ0) is 18.3. The van der Waals surface area contributed by atoms with Crippen LogP contribution < -0.4 is 0 Å². The van der Waals surface area contributed by atoms with Gasteiger partial charge in [-0.25, -0.2) is 9.97 Å². The van der Waals surface area contributed by atoms with Crippen molar-refractivity contribution < 1.29 is 9.15 Å². The fourth-order valence-corrected chi connectivity index (χ4v) is 4.17. The van der Waals surface area contributed by atoms with E-state index in [9.17, 15) is 0 Å². The number of likely N-dealkylation sites (tertiary alicyclic amines) is 1. The summed E-state index contributed by atoms with van der Waals surface area (Å²) in [7, 11) is 0. The van der Waals surface area contributed by atoms with E-state index in [-0.39, 0.29) is 5.60 Å². The van der Waals surface area contributed by atoms with Crippen LogP contribution in [0, 0.1) is 6.92 Å². The number of ether oxygens (including phenoxy) is 1. The Balaban J connectivity index is 1.28. The molecule has 0 atom stereocenters. The Bertz CT molecular complexity index is 926. The van der Waals surface area contributed by atoms with Crippen LogP contribution in [-0.4, -0.2) is 44.8 Å². The quantitative estimate of drug-likeness (QED) is 0.769. The molecule has 2 aliphatic heterocycles. The van der Waals surface area contributed by atoms with Crippen LogP contribution in [0.15, 0.2) is 35.0 Å². The molecule has 1 fully saturated rings. The summed E-state index contributed by atoms with van der Waals surface area (Å²) in [4.78, 5) is 11.5. The minimum atomic E-state index is -0.248. The summed E-state index contributed by atoms with van der Waals surface area (Å²) < 4.78 is 12.3. The van der Waals surface area contributed by atoms with Gasteiger partial charge in [0, 0.05) is 25.5 Å². The number of hydrogen-bond acceptors (Lipinski definition) is 6. The molecule has 7 heteroatoms. The van der Waals surface area contributed by atoms with Gasteiger partial charge in [-0.15, -0.1) is 0 Å². The predicted molar refractivity (Wildman–Crippen MR) is 98.9 cm³/mol. The number of rotatable bonds is 3. The van der Waals surface area contributed by atoms with Gasteiger partial charge in [-0.2, -0.15) is 5.10 Å². The molecule has 1 spiro atoms. The number of piperidine rings is 1. The predicted octanol–water partition coefficient (Wildman–Crippen LogP) is 2.83. The van der Waals surface area contributed by atoms with E-state index in [0.29, 0.717) is 0 Å². The summed E-state index contributed by atoms with van der Waals surface area (Å²) in [6, 6.07) is 5.95.